The molecule has 0 unspecified atom stereocenters. The van der Waals surface area contributed by atoms with E-state index in [1.807, 2.05) is 42.8 Å². The van der Waals surface area contributed by atoms with E-state index < -0.39 is 0 Å². The van der Waals surface area contributed by atoms with Gasteiger partial charge in [0, 0.05) is 17.9 Å². The second-order valence-electron chi connectivity index (χ2n) is 4.38. The van der Waals surface area contributed by atoms with Crippen molar-refractivity contribution >= 4 is 39.3 Å². The van der Waals surface area contributed by atoms with Gasteiger partial charge in [0.1, 0.15) is 0 Å². The van der Waals surface area contributed by atoms with Gasteiger partial charge in [0.2, 0.25) is 10.6 Å². The van der Waals surface area contributed by atoms with E-state index in [0.29, 0.717) is 11.2 Å². The van der Waals surface area contributed by atoms with Crippen LogP contribution in [0.25, 0.3) is 0 Å². The summed E-state index contributed by atoms with van der Waals surface area (Å²) in [7, 11) is 0. The Morgan fingerprint density at radius 2 is 2.14 bits per heavy atom. The Balaban J connectivity index is 2.21. The fraction of sp³-hybridized carbons (Fsp3) is 0.357. The first kappa shape index (κ1) is 16.0. The highest BCUT2D eigenvalue weighted by molar-refractivity contribution is 9.10. The number of aromatic nitrogens is 3. The number of hydrogen-bond donors (Lipinski definition) is 1. The first-order valence-electron chi connectivity index (χ1n) is 6.81. The molecule has 1 aromatic heterocycles. The first-order valence-corrected chi connectivity index (χ1v) is 8.42. The van der Waals surface area contributed by atoms with Crippen molar-refractivity contribution in [2.45, 2.75) is 43.3 Å². The van der Waals surface area contributed by atoms with Gasteiger partial charge in [0.25, 0.3) is 0 Å². The maximum absolute atomic E-state index is 11.8. The summed E-state index contributed by atoms with van der Waals surface area (Å²) >= 11 is 4.78. The summed E-state index contributed by atoms with van der Waals surface area (Å²) in [5.41, 5.74) is 0.808. The number of carbonyl (C=O) groups is 1. The van der Waals surface area contributed by atoms with E-state index in [0.717, 1.165) is 28.7 Å². The van der Waals surface area contributed by atoms with Crippen LogP contribution in [0.15, 0.2) is 39.1 Å². The first-order chi connectivity index (χ1) is 10.1. The summed E-state index contributed by atoms with van der Waals surface area (Å²) in [5, 5.41) is 8.00. The lowest BCUT2D eigenvalue weighted by Gasteiger charge is -2.10. The molecule has 21 heavy (non-hydrogen) atoms. The SMILES string of the molecule is CCCC(=O)Nc1ccccc1Sc1nc(Br)nn1CC. The summed E-state index contributed by atoms with van der Waals surface area (Å²) in [6.07, 6.45) is 1.36. The number of nitrogens with zero attached hydrogens (tertiary/aromatic N) is 3. The molecular formula is C14H17BrN4OS. The molecule has 0 atom stereocenters. The Bertz CT molecular complexity index is 629. The predicted molar refractivity (Wildman–Crippen MR) is 87.5 cm³/mol. The molecule has 0 bridgehead atoms. The van der Waals surface area contributed by atoms with Gasteiger partial charge >= 0.3 is 0 Å². The molecule has 0 fully saturated rings. The third-order valence-corrected chi connectivity index (χ3v) is 4.15. The van der Waals surface area contributed by atoms with Crippen LogP contribution >= 0.6 is 27.7 Å². The zero-order valence-corrected chi connectivity index (χ0v) is 14.4. The number of hydrogen-bond acceptors (Lipinski definition) is 4. The highest BCUT2D eigenvalue weighted by Gasteiger charge is 2.12. The van der Waals surface area contributed by atoms with E-state index in [4.69, 9.17) is 0 Å². The molecule has 0 aliphatic rings. The number of halogens is 1. The topological polar surface area (TPSA) is 59.8 Å². The van der Waals surface area contributed by atoms with Crippen molar-refractivity contribution in [1.29, 1.82) is 0 Å². The highest BCUT2D eigenvalue weighted by atomic mass is 79.9. The van der Waals surface area contributed by atoms with E-state index in [9.17, 15) is 4.79 Å². The minimum absolute atomic E-state index is 0.0312. The number of amides is 1. The number of para-hydroxylation sites is 1. The summed E-state index contributed by atoms with van der Waals surface area (Å²) in [4.78, 5) is 17.1. The Labute approximate surface area is 136 Å². The number of aryl methyl sites for hydroxylation is 1. The Morgan fingerprint density at radius 3 is 2.86 bits per heavy atom. The van der Waals surface area contributed by atoms with Gasteiger partial charge in [-0.25, -0.2) is 4.68 Å². The van der Waals surface area contributed by atoms with Crippen molar-refractivity contribution in [3.63, 3.8) is 0 Å². The highest BCUT2D eigenvalue weighted by Crippen LogP contribution is 2.33. The molecule has 0 aliphatic heterocycles. The molecule has 0 radical (unpaired) electrons. The molecule has 2 rings (SSSR count). The molecule has 0 spiro atoms. The van der Waals surface area contributed by atoms with Gasteiger partial charge in [0.15, 0.2) is 5.16 Å². The van der Waals surface area contributed by atoms with Crippen LogP contribution in [0.4, 0.5) is 5.69 Å². The van der Waals surface area contributed by atoms with Crippen LogP contribution in [-0.2, 0) is 11.3 Å². The van der Waals surface area contributed by atoms with E-state index in [1.54, 1.807) is 0 Å². The Kier molecular flexibility index (Phi) is 5.81. The molecule has 0 saturated heterocycles. The molecule has 7 heteroatoms. The fourth-order valence-corrected chi connectivity index (χ4v) is 3.24. The van der Waals surface area contributed by atoms with Gasteiger partial charge in [-0.3, -0.25) is 4.79 Å². The second-order valence-corrected chi connectivity index (χ2v) is 6.09. The van der Waals surface area contributed by atoms with Gasteiger partial charge in [-0.1, -0.05) is 19.1 Å². The predicted octanol–water partition coefficient (Wildman–Crippen LogP) is 3.95. The van der Waals surface area contributed by atoms with Gasteiger partial charge in [0.05, 0.1) is 5.69 Å². The zero-order valence-electron chi connectivity index (χ0n) is 12.0. The summed E-state index contributed by atoms with van der Waals surface area (Å²) in [6, 6.07) is 7.72. The van der Waals surface area contributed by atoms with Crippen LogP contribution in [-0.4, -0.2) is 20.7 Å². The zero-order chi connectivity index (χ0) is 15.2. The van der Waals surface area contributed by atoms with Crippen molar-refractivity contribution in [3.8, 4) is 0 Å². The molecule has 5 nitrogen and oxygen atoms in total. The van der Waals surface area contributed by atoms with Crippen LogP contribution in [0.5, 0.6) is 0 Å². The number of anilines is 1. The van der Waals surface area contributed by atoms with Crippen LogP contribution in [0.3, 0.4) is 0 Å². The Hall–Kier alpha value is -1.34. The monoisotopic (exact) mass is 368 g/mol. The van der Waals surface area contributed by atoms with Crippen molar-refractivity contribution in [3.05, 3.63) is 29.0 Å². The molecular weight excluding hydrogens is 352 g/mol. The third-order valence-electron chi connectivity index (χ3n) is 2.75. The van der Waals surface area contributed by atoms with Crippen LogP contribution in [0.2, 0.25) is 0 Å². The third kappa shape index (κ3) is 4.31. The number of rotatable bonds is 6. The maximum Gasteiger partial charge on any atom is 0.224 e. The van der Waals surface area contributed by atoms with E-state index in [2.05, 4.69) is 31.3 Å². The molecule has 0 saturated carbocycles. The standard InChI is InChI=1S/C14H17BrN4OS/c1-3-7-12(20)16-10-8-5-6-9-11(10)21-14-17-13(15)18-19(14)4-2/h5-6,8-9H,3-4,7H2,1-2H3,(H,16,20). The van der Waals surface area contributed by atoms with E-state index in [-0.39, 0.29) is 5.91 Å². The van der Waals surface area contributed by atoms with E-state index >= 15 is 0 Å². The van der Waals surface area contributed by atoms with Gasteiger partial charge in [-0.05, 0) is 53.2 Å². The molecule has 112 valence electrons. The molecule has 1 amide bonds. The normalized spacial score (nSPS) is 10.6. The van der Waals surface area contributed by atoms with Gasteiger partial charge < -0.3 is 5.32 Å². The Morgan fingerprint density at radius 1 is 1.38 bits per heavy atom. The molecule has 1 N–H and O–H groups in total. The number of benzene rings is 1. The van der Waals surface area contributed by atoms with E-state index in [1.165, 1.54) is 11.8 Å². The smallest absolute Gasteiger partial charge is 0.224 e. The molecule has 2 aromatic rings. The molecule has 1 aromatic carbocycles. The molecule has 1 heterocycles. The second kappa shape index (κ2) is 7.61. The van der Waals surface area contributed by atoms with Crippen LogP contribution in [0, 0.1) is 0 Å². The summed E-state index contributed by atoms with van der Waals surface area (Å²) < 4.78 is 2.39. The van der Waals surface area contributed by atoms with Crippen molar-refractivity contribution in [2.75, 3.05) is 5.32 Å². The number of carbonyl (C=O) groups excluding carboxylic acids is 1. The molecule has 0 aliphatic carbocycles. The summed E-state index contributed by atoms with van der Waals surface area (Å²) in [5.74, 6) is 0.0312. The lowest BCUT2D eigenvalue weighted by Crippen LogP contribution is -2.11. The van der Waals surface area contributed by atoms with Crippen molar-refractivity contribution < 1.29 is 4.79 Å². The quantitative estimate of drug-likeness (QED) is 0.838. The van der Waals surface area contributed by atoms with Gasteiger partial charge in [-0.2, -0.15) is 4.98 Å². The van der Waals surface area contributed by atoms with Crippen LogP contribution < -0.4 is 5.32 Å². The minimum atomic E-state index is 0.0312. The largest absolute Gasteiger partial charge is 0.325 e. The maximum atomic E-state index is 11.8. The fourth-order valence-electron chi connectivity index (χ4n) is 1.78. The minimum Gasteiger partial charge on any atom is -0.325 e. The van der Waals surface area contributed by atoms with Crippen LogP contribution in [0.1, 0.15) is 26.7 Å². The number of nitrogens with one attached hydrogen (secondary N) is 1. The average Bonchev–Trinajstić information content (AvgIpc) is 2.81. The average molecular weight is 369 g/mol. The van der Waals surface area contributed by atoms with Crippen molar-refractivity contribution in [1.82, 2.24) is 14.8 Å². The summed E-state index contributed by atoms with van der Waals surface area (Å²) in [6.45, 7) is 4.74. The lowest BCUT2D eigenvalue weighted by molar-refractivity contribution is -0.116. The van der Waals surface area contributed by atoms with Crippen molar-refractivity contribution in [2.24, 2.45) is 0 Å². The lowest BCUT2D eigenvalue weighted by atomic mass is 10.3. The van der Waals surface area contributed by atoms with Gasteiger partial charge in [-0.15, -0.1) is 5.10 Å².